The Bertz CT molecular complexity index is 291. The Kier molecular flexibility index (Phi) is 11.6. The molecule has 2 N–H and O–H groups in total. The molecule has 0 atom stereocenters. The molecule has 1 rings (SSSR count). The normalized spacial score (nSPS) is 9.53. The number of aryl methyl sites for hydroxylation is 1. The van der Waals surface area contributed by atoms with Gasteiger partial charge in [-0.05, 0) is 0 Å². The molecular formula is C6H10Cl4FeN3O. The Morgan fingerprint density at radius 2 is 2.00 bits per heavy atom. The molecule has 1 heterocycles. The molecule has 1 aromatic rings. The van der Waals surface area contributed by atoms with Crippen molar-refractivity contribution in [3.63, 3.8) is 0 Å². The average molecular weight is 338 g/mol. The molecule has 0 aromatic carbocycles. The van der Waals surface area contributed by atoms with Gasteiger partial charge in [0.1, 0.15) is 12.4 Å². The Morgan fingerprint density at radius 3 is 2.27 bits per heavy atom. The minimum absolute atomic E-state index is 0. The average Bonchev–Trinajstić information content (AvgIpc) is 2.49. The van der Waals surface area contributed by atoms with Crippen LogP contribution in [-0.4, -0.2) is 17.0 Å². The number of carbonyl (C=O) groups excluding carboxylic acids is 1. The van der Waals surface area contributed by atoms with Crippen LogP contribution in [0.1, 0.15) is 4.79 Å². The molecule has 0 aliphatic rings. The molecule has 9 heteroatoms. The van der Waals surface area contributed by atoms with Gasteiger partial charge >= 0.3 is 47.4 Å². The van der Waals surface area contributed by atoms with Crippen LogP contribution in [0.25, 0.3) is 0 Å². The van der Waals surface area contributed by atoms with E-state index in [1.54, 1.807) is 23.3 Å². The van der Waals surface area contributed by atoms with Gasteiger partial charge in [-0.25, -0.2) is 9.36 Å². The summed E-state index contributed by atoms with van der Waals surface area (Å²) in [5.41, 5.74) is 5.13. The summed E-state index contributed by atoms with van der Waals surface area (Å²) >= 11 is -1.33. The van der Waals surface area contributed by atoms with Gasteiger partial charge in [-0.3, -0.25) is 0 Å². The third kappa shape index (κ3) is 9.45. The standard InChI is InChI=1S/C6H10N3O.4ClH.Fe/c1-8-2-3-9(5-8)6(10)4-7;;;;;/h2-3,5H,4,7H2,1H3;4*1H;/q+1;;;;;+3/p-4. The third-order valence-electron chi connectivity index (χ3n) is 1.23. The monoisotopic (exact) mass is 336 g/mol. The first-order chi connectivity index (χ1) is 6.47. The van der Waals surface area contributed by atoms with Gasteiger partial charge in [0.05, 0.1) is 13.6 Å². The van der Waals surface area contributed by atoms with Crippen molar-refractivity contribution in [2.75, 3.05) is 6.54 Å². The first kappa shape index (κ1) is 17.9. The van der Waals surface area contributed by atoms with E-state index in [1.807, 2.05) is 7.05 Å². The summed E-state index contributed by atoms with van der Waals surface area (Å²) in [7, 11) is 16.5. The van der Waals surface area contributed by atoms with Crippen molar-refractivity contribution in [3.8, 4) is 0 Å². The molecule has 0 aliphatic heterocycles. The van der Waals surface area contributed by atoms with Gasteiger partial charge in [0.25, 0.3) is 6.33 Å². The van der Waals surface area contributed by atoms with Crippen molar-refractivity contribution >= 4 is 36.2 Å². The molecule has 0 saturated heterocycles. The summed E-state index contributed by atoms with van der Waals surface area (Å²) in [6.07, 6.45) is 5.14. The van der Waals surface area contributed by atoms with Crippen molar-refractivity contribution in [1.29, 1.82) is 0 Å². The zero-order chi connectivity index (χ0) is 11.1. The maximum atomic E-state index is 10.9. The van der Waals surface area contributed by atoms with Gasteiger partial charge in [0, 0.05) is 0 Å². The number of aromatic nitrogens is 2. The molecule has 4 nitrogen and oxygen atoms in total. The van der Waals surface area contributed by atoms with E-state index in [9.17, 15) is 4.79 Å². The fourth-order valence-corrected chi connectivity index (χ4v) is 0.703. The zero-order valence-corrected chi connectivity index (χ0v) is 11.8. The van der Waals surface area contributed by atoms with Gasteiger partial charge < -0.3 is 18.1 Å². The first-order valence-corrected chi connectivity index (χ1v) is 7.96. The fourth-order valence-electron chi connectivity index (χ4n) is 0.703. The van der Waals surface area contributed by atoms with E-state index in [2.05, 4.69) is 0 Å². The van der Waals surface area contributed by atoms with Crippen LogP contribution in [0, 0.1) is 0 Å². The van der Waals surface area contributed by atoms with Crippen LogP contribution >= 0.6 is 30.3 Å². The fraction of sp³-hybridized carbons (Fsp3) is 0.333. The maximum absolute atomic E-state index is 10.9. The molecule has 0 spiro atoms. The quantitative estimate of drug-likeness (QED) is 0.475. The first-order valence-electron chi connectivity index (χ1n) is 3.40. The number of nitrogens with zero attached hydrogens (tertiary/aromatic N) is 2. The Hall–Kier alpha value is 0.519. The molecule has 0 fully saturated rings. The van der Waals surface area contributed by atoms with Crippen LogP contribution in [0.2, 0.25) is 0 Å². The Labute approximate surface area is 111 Å². The summed E-state index contributed by atoms with van der Waals surface area (Å²) < 4.78 is 3.24. The second kappa shape index (κ2) is 9.72. The van der Waals surface area contributed by atoms with Crippen LogP contribution in [0.5, 0.6) is 0 Å². The van der Waals surface area contributed by atoms with Crippen molar-refractivity contribution in [2.24, 2.45) is 12.8 Å². The zero-order valence-electron chi connectivity index (χ0n) is 7.68. The molecule has 1 aromatic heterocycles. The topological polar surface area (TPSA) is 51.9 Å². The molecule has 0 aliphatic carbocycles. The van der Waals surface area contributed by atoms with Crippen LogP contribution in [0.4, 0.5) is 0 Å². The molecule has 0 saturated carbocycles. The summed E-state index contributed by atoms with van der Waals surface area (Å²) in [5.74, 6) is -0.0967. The number of nitrogens with two attached hydrogens (primary N) is 1. The van der Waals surface area contributed by atoms with E-state index >= 15 is 0 Å². The van der Waals surface area contributed by atoms with Crippen molar-refractivity contribution in [3.05, 3.63) is 18.7 Å². The number of halogens is 4. The second-order valence-corrected chi connectivity index (χ2v) is 7.71. The molecule has 0 bridgehead atoms. The number of imidazole rings is 1. The summed E-state index contributed by atoms with van der Waals surface area (Å²) in [5, 5.41) is 0. The van der Waals surface area contributed by atoms with Crippen LogP contribution in [0.3, 0.4) is 0 Å². The van der Waals surface area contributed by atoms with Crippen molar-refractivity contribution < 1.29 is 32.9 Å². The summed E-state index contributed by atoms with van der Waals surface area (Å²) in [4.78, 5) is 10.9. The number of rotatable bonds is 1. The van der Waals surface area contributed by atoms with Gasteiger partial charge in [-0.1, -0.05) is 0 Å². The van der Waals surface area contributed by atoms with E-state index in [-0.39, 0.29) is 24.9 Å². The molecule has 0 unspecified atom stereocenters. The van der Waals surface area contributed by atoms with Crippen LogP contribution < -0.4 is 22.7 Å². The Balaban J connectivity index is 0. The molecular weight excluding hydrogens is 328 g/mol. The minimum atomic E-state index is -1.33. The van der Waals surface area contributed by atoms with E-state index in [4.69, 9.17) is 36.0 Å². The van der Waals surface area contributed by atoms with E-state index in [1.165, 1.54) is 4.57 Å². The van der Waals surface area contributed by atoms with E-state index in [0.717, 1.165) is 0 Å². The Morgan fingerprint density at radius 1 is 1.53 bits per heavy atom. The third-order valence-corrected chi connectivity index (χ3v) is 1.23. The van der Waals surface area contributed by atoms with Crippen molar-refractivity contribution in [2.45, 2.75) is 0 Å². The predicted octanol–water partition coefficient (Wildman–Crippen LogP) is -2.02. The van der Waals surface area contributed by atoms with E-state index in [0.29, 0.717) is 0 Å². The molecule has 15 heavy (non-hydrogen) atoms. The van der Waals surface area contributed by atoms with Gasteiger partial charge in [0.2, 0.25) is 0 Å². The van der Waals surface area contributed by atoms with Gasteiger partial charge in [-0.15, -0.1) is 0 Å². The van der Waals surface area contributed by atoms with Crippen molar-refractivity contribution in [1.82, 2.24) is 4.57 Å². The second-order valence-electron chi connectivity index (χ2n) is 2.24. The number of hydrogen-bond donors (Lipinski definition) is 1. The molecule has 91 valence electrons. The molecule has 0 radical (unpaired) electrons. The summed E-state index contributed by atoms with van der Waals surface area (Å²) in [6, 6.07) is 0. The van der Waals surface area contributed by atoms with E-state index < -0.39 is 11.2 Å². The van der Waals surface area contributed by atoms with Gasteiger partial charge in [-0.2, -0.15) is 4.57 Å². The van der Waals surface area contributed by atoms with Gasteiger partial charge in [0.15, 0.2) is 0 Å². The summed E-state index contributed by atoms with van der Waals surface area (Å²) in [6.45, 7) is 0.0503. The number of carbonyl (C=O) groups is 1. The predicted molar refractivity (Wildman–Crippen MR) is 52.8 cm³/mol. The van der Waals surface area contributed by atoms with Crippen LogP contribution in [0.15, 0.2) is 18.7 Å². The molecule has 0 amide bonds. The number of hydrogen-bond acceptors (Lipinski definition) is 2. The SMILES string of the molecule is C[n+]1ccn(C(=O)CN)c1.[Cl-].[Cl][Fe]([Cl])[Cl]. The van der Waals surface area contributed by atoms with Crippen LogP contribution in [-0.2, 0) is 18.2 Å².